The van der Waals surface area contributed by atoms with E-state index in [-0.39, 0.29) is 0 Å². The average molecular weight is 383 g/mol. The second kappa shape index (κ2) is 7.72. The van der Waals surface area contributed by atoms with Crippen LogP contribution in [0.15, 0.2) is 73.1 Å². The lowest BCUT2D eigenvalue weighted by molar-refractivity contribution is 0.589. The van der Waals surface area contributed by atoms with Crippen molar-refractivity contribution < 1.29 is 0 Å². The summed E-state index contributed by atoms with van der Waals surface area (Å²) < 4.78 is 4.64. The summed E-state index contributed by atoms with van der Waals surface area (Å²) >= 11 is 0. The third-order valence-corrected chi connectivity index (χ3v) is 5.76. The summed E-state index contributed by atoms with van der Waals surface area (Å²) in [4.78, 5) is 4.47. The van der Waals surface area contributed by atoms with Gasteiger partial charge in [0.15, 0.2) is 0 Å². The Bertz CT molecular complexity index is 1280. The summed E-state index contributed by atoms with van der Waals surface area (Å²) in [7, 11) is 0. The standard InChI is InChI=1S/C25H26N4/c1-2-29-23-10-5-3-8-20(23)21-16-19(12-13-24(21)29)17-26-14-7-15-28-18-27-22-9-4-6-11-25(22)28/h3-6,8-13,16,18,26H,2,7,14-15,17H2,1H3. The van der Waals surface area contributed by atoms with Crippen LogP contribution in [0.2, 0.25) is 0 Å². The summed E-state index contributed by atoms with van der Waals surface area (Å²) in [6, 6.07) is 23.9. The van der Waals surface area contributed by atoms with Crippen LogP contribution in [0, 0.1) is 0 Å². The zero-order chi connectivity index (χ0) is 19.6. The zero-order valence-corrected chi connectivity index (χ0v) is 16.8. The van der Waals surface area contributed by atoms with Gasteiger partial charge >= 0.3 is 0 Å². The lowest BCUT2D eigenvalue weighted by Crippen LogP contribution is -2.16. The van der Waals surface area contributed by atoms with Crippen molar-refractivity contribution in [1.82, 2.24) is 19.4 Å². The van der Waals surface area contributed by atoms with Crippen LogP contribution in [0.5, 0.6) is 0 Å². The van der Waals surface area contributed by atoms with Crippen LogP contribution in [0.4, 0.5) is 0 Å². The molecule has 146 valence electrons. The van der Waals surface area contributed by atoms with E-state index < -0.39 is 0 Å². The molecule has 0 bridgehead atoms. The first kappa shape index (κ1) is 18.0. The van der Waals surface area contributed by atoms with Crippen molar-refractivity contribution in [2.75, 3.05) is 6.54 Å². The Balaban J connectivity index is 1.25. The van der Waals surface area contributed by atoms with E-state index in [4.69, 9.17) is 0 Å². The molecule has 0 atom stereocenters. The first-order valence-electron chi connectivity index (χ1n) is 10.5. The Labute approximate surface area is 170 Å². The van der Waals surface area contributed by atoms with Crippen molar-refractivity contribution in [3.63, 3.8) is 0 Å². The summed E-state index contributed by atoms with van der Waals surface area (Å²) in [6.07, 6.45) is 3.03. The molecule has 0 saturated heterocycles. The van der Waals surface area contributed by atoms with E-state index in [0.29, 0.717) is 0 Å². The summed E-state index contributed by atoms with van der Waals surface area (Å²) in [5.41, 5.74) is 6.27. The van der Waals surface area contributed by atoms with Gasteiger partial charge in [-0.2, -0.15) is 0 Å². The van der Waals surface area contributed by atoms with Gasteiger partial charge in [-0.15, -0.1) is 0 Å². The van der Waals surface area contributed by atoms with Gasteiger partial charge in [-0.25, -0.2) is 4.98 Å². The minimum absolute atomic E-state index is 0.895. The largest absolute Gasteiger partial charge is 0.341 e. The van der Waals surface area contributed by atoms with E-state index in [1.54, 1.807) is 0 Å². The van der Waals surface area contributed by atoms with Gasteiger partial charge in [-0.05, 0) is 55.8 Å². The molecular weight excluding hydrogens is 356 g/mol. The van der Waals surface area contributed by atoms with Gasteiger partial charge in [-0.3, -0.25) is 0 Å². The Morgan fingerprint density at radius 3 is 2.55 bits per heavy atom. The average Bonchev–Trinajstić information content (AvgIpc) is 3.32. The molecule has 29 heavy (non-hydrogen) atoms. The number of imidazole rings is 1. The van der Waals surface area contributed by atoms with Crippen LogP contribution in [-0.4, -0.2) is 20.7 Å². The van der Waals surface area contributed by atoms with Gasteiger partial charge in [0.2, 0.25) is 0 Å². The normalized spacial score (nSPS) is 11.8. The summed E-state index contributed by atoms with van der Waals surface area (Å²) in [5, 5.41) is 6.30. The summed E-state index contributed by atoms with van der Waals surface area (Å²) in [6.45, 7) is 6.07. The fourth-order valence-electron chi connectivity index (χ4n) is 4.35. The number of nitrogens with zero attached hydrogens (tertiary/aromatic N) is 3. The highest BCUT2D eigenvalue weighted by atomic mass is 15.0. The van der Waals surface area contributed by atoms with E-state index in [0.717, 1.165) is 38.1 Å². The highest BCUT2D eigenvalue weighted by molar-refractivity contribution is 6.08. The van der Waals surface area contributed by atoms with Crippen molar-refractivity contribution in [2.24, 2.45) is 0 Å². The molecule has 2 aromatic heterocycles. The number of fused-ring (bicyclic) bond motifs is 4. The molecule has 0 aliphatic carbocycles. The molecule has 0 amide bonds. The molecule has 4 nitrogen and oxygen atoms in total. The maximum atomic E-state index is 4.47. The molecule has 0 aliphatic rings. The van der Waals surface area contributed by atoms with Crippen LogP contribution in [-0.2, 0) is 19.6 Å². The first-order chi connectivity index (χ1) is 14.3. The van der Waals surface area contributed by atoms with Gasteiger partial charge in [0.1, 0.15) is 0 Å². The SMILES string of the molecule is CCn1c2ccccc2c2cc(CNCCCn3cnc4ccccc43)ccc21. The maximum absolute atomic E-state index is 4.47. The van der Waals surface area contributed by atoms with Crippen LogP contribution in [0.1, 0.15) is 18.9 Å². The molecule has 3 aromatic carbocycles. The molecule has 0 fully saturated rings. The Morgan fingerprint density at radius 1 is 0.862 bits per heavy atom. The second-order valence-electron chi connectivity index (χ2n) is 7.57. The molecule has 0 saturated carbocycles. The van der Waals surface area contributed by atoms with Gasteiger partial charge in [0, 0.05) is 41.4 Å². The fraction of sp³-hybridized carbons (Fsp3) is 0.240. The quantitative estimate of drug-likeness (QED) is 0.385. The van der Waals surface area contributed by atoms with E-state index in [9.17, 15) is 0 Å². The number of para-hydroxylation sites is 3. The molecule has 4 heteroatoms. The lowest BCUT2D eigenvalue weighted by atomic mass is 10.1. The molecular formula is C25H26N4. The van der Waals surface area contributed by atoms with Gasteiger partial charge in [-0.1, -0.05) is 36.4 Å². The third-order valence-electron chi connectivity index (χ3n) is 5.76. The maximum Gasteiger partial charge on any atom is 0.0958 e. The number of benzene rings is 3. The van der Waals surface area contributed by atoms with Gasteiger partial charge in [0.05, 0.1) is 17.4 Å². The zero-order valence-electron chi connectivity index (χ0n) is 16.8. The minimum atomic E-state index is 0.895. The van der Waals surface area contributed by atoms with E-state index >= 15 is 0 Å². The fourth-order valence-corrected chi connectivity index (χ4v) is 4.35. The second-order valence-corrected chi connectivity index (χ2v) is 7.57. The van der Waals surface area contributed by atoms with E-state index in [2.05, 4.69) is 87.0 Å². The highest BCUT2D eigenvalue weighted by Crippen LogP contribution is 2.29. The van der Waals surface area contributed by atoms with E-state index in [1.165, 1.54) is 32.9 Å². The Kier molecular flexibility index (Phi) is 4.78. The van der Waals surface area contributed by atoms with Crippen LogP contribution in [0.3, 0.4) is 0 Å². The van der Waals surface area contributed by atoms with Crippen molar-refractivity contribution >= 4 is 32.8 Å². The van der Waals surface area contributed by atoms with Crippen LogP contribution >= 0.6 is 0 Å². The van der Waals surface area contributed by atoms with Crippen molar-refractivity contribution in [2.45, 2.75) is 33.0 Å². The molecule has 1 N–H and O–H groups in total. The third kappa shape index (κ3) is 3.30. The van der Waals surface area contributed by atoms with Gasteiger partial charge < -0.3 is 14.5 Å². The number of aryl methyl sites for hydroxylation is 2. The molecule has 2 heterocycles. The van der Waals surface area contributed by atoms with E-state index in [1.807, 2.05) is 12.4 Å². The minimum Gasteiger partial charge on any atom is -0.341 e. The van der Waals surface area contributed by atoms with Gasteiger partial charge in [0.25, 0.3) is 0 Å². The number of rotatable bonds is 7. The first-order valence-corrected chi connectivity index (χ1v) is 10.5. The molecule has 5 aromatic rings. The molecule has 0 radical (unpaired) electrons. The number of hydrogen-bond acceptors (Lipinski definition) is 2. The van der Waals surface area contributed by atoms with Crippen LogP contribution in [0.25, 0.3) is 32.8 Å². The molecule has 0 spiro atoms. The monoisotopic (exact) mass is 382 g/mol. The highest BCUT2D eigenvalue weighted by Gasteiger charge is 2.09. The number of hydrogen-bond donors (Lipinski definition) is 1. The van der Waals surface area contributed by atoms with Crippen molar-refractivity contribution in [1.29, 1.82) is 0 Å². The number of nitrogens with one attached hydrogen (secondary N) is 1. The van der Waals surface area contributed by atoms with Crippen molar-refractivity contribution in [3.8, 4) is 0 Å². The topological polar surface area (TPSA) is 34.8 Å². The smallest absolute Gasteiger partial charge is 0.0958 e. The Morgan fingerprint density at radius 2 is 1.66 bits per heavy atom. The summed E-state index contributed by atoms with van der Waals surface area (Å²) in [5.74, 6) is 0. The molecule has 0 aliphatic heterocycles. The predicted octanol–water partition coefficient (Wildman–Crippen LogP) is 5.34. The lowest BCUT2D eigenvalue weighted by Gasteiger charge is -2.08. The Hall–Kier alpha value is -3.11. The molecule has 5 rings (SSSR count). The van der Waals surface area contributed by atoms with Crippen molar-refractivity contribution in [3.05, 3.63) is 78.6 Å². The number of aromatic nitrogens is 3. The molecule has 0 unspecified atom stereocenters. The van der Waals surface area contributed by atoms with Crippen LogP contribution < -0.4 is 5.32 Å². The predicted molar refractivity (Wildman–Crippen MR) is 121 cm³/mol.